The van der Waals surface area contributed by atoms with E-state index in [0.29, 0.717) is 19.6 Å². The number of rotatable bonds is 8. The molecule has 0 aliphatic carbocycles. The number of carbonyl (C=O) groups is 1. The molecule has 1 heterocycles. The molecule has 1 fully saturated rings. The van der Waals surface area contributed by atoms with Gasteiger partial charge in [-0.25, -0.2) is 4.39 Å². The minimum atomic E-state index is -0.396. The van der Waals surface area contributed by atoms with Gasteiger partial charge in [0.25, 0.3) is 0 Å². The molecule has 1 aliphatic rings. The molecule has 1 aromatic carbocycles. The molecule has 1 saturated heterocycles. The quantitative estimate of drug-likeness (QED) is 0.737. The summed E-state index contributed by atoms with van der Waals surface area (Å²) in [5.41, 5.74) is 0. The molecule has 0 atom stereocenters. The van der Waals surface area contributed by atoms with E-state index in [-0.39, 0.29) is 24.9 Å². The van der Waals surface area contributed by atoms with Crippen molar-refractivity contribution in [3.05, 3.63) is 30.1 Å². The molecule has 134 valence electrons. The van der Waals surface area contributed by atoms with E-state index in [9.17, 15) is 9.18 Å². The lowest BCUT2D eigenvalue weighted by Gasteiger charge is -2.34. The fourth-order valence-corrected chi connectivity index (χ4v) is 2.60. The lowest BCUT2D eigenvalue weighted by molar-refractivity contribution is -0.131. The van der Waals surface area contributed by atoms with Gasteiger partial charge in [-0.1, -0.05) is 12.1 Å². The topological polar surface area (TPSA) is 56.2 Å². The van der Waals surface area contributed by atoms with Crippen LogP contribution in [0.15, 0.2) is 24.3 Å². The fraction of sp³-hybridized carbons (Fsp3) is 0.588. The number of aliphatic hydroxyl groups is 1. The van der Waals surface area contributed by atoms with Crippen molar-refractivity contribution in [2.45, 2.75) is 0 Å². The number of piperazine rings is 1. The van der Waals surface area contributed by atoms with Gasteiger partial charge in [0.05, 0.1) is 19.7 Å². The molecule has 0 spiro atoms. The van der Waals surface area contributed by atoms with Crippen LogP contribution >= 0.6 is 0 Å². The number of para-hydroxylation sites is 1. The Morgan fingerprint density at radius 3 is 2.58 bits per heavy atom. The predicted octanol–water partition coefficient (Wildman–Crippen LogP) is 0.273. The van der Waals surface area contributed by atoms with E-state index in [2.05, 4.69) is 9.80 Å². The summed E-state index contributed by atoms with van der Waals surface area (Å²) in [6.45, 7) is 5.30. The van der Waals surface area contributed by atoms with E-state index in [1.165, 1.54) is 6.07 Å². The van der Waals surface area contributed by atoms with E-state index in [1.54, 1.807) is 30.1 Å². The minimum absolute atomic E-state index is 0.0303. The summed E-state index contributed by atoms with van der Waals surface area (Å²) in [4.78, 5) is 18.1. The third-order valence-corrected chi connectivity index (χ3v) is 4.19. The molecule has 0 aromatic heterocycles. The van der Waals surface area contributed by atoms with Crippen LogP contribution in [-0.4, -0.2) is 91.8 Å². The Morgan fingerprint density at radius 1 is 1.25 bits per heavy atom. The van der Waals surface area contributed by atoms with Crippen molar-refractivity contribution in [2.24, 2.45) is 0 Å². The van der Waals surface area contributed by atoms with E-state index >= 15 is 0 Å². The van der Waals surface area contributed by atoms with Crippen LogP contribution in [-0.2, 0) is 4.79 Å². The van der Waals surface area contributed by atoms with E-state index < -0.39 is 5.82 Å². The summed E-state index contributed by atoms with van der Waals surface area (Å²) in [7, 11) is 1.73. The zero-order chi connectivity index (χ0) is 17.4. The second-order valence-electron chi connectivity index (χ2n) is 5.94. The smallest absolute Gasteiger partial charge is 0.236 e. The van der Waals surface area contributed by atoms with Gasteiger partial charge in [0.2, 0.25) is 5.91 Å². The normalized spacial score (nSPS) is 16.1. The highest BCUT2D eigenvalue weighted by molar-refractivity contribution is 5.78. The Labute approximate surface area is 142 Å². The highest BCUT2D eigenvalue weighted by Gasteiger charge is 2.20. The lowest BCUT2D eigenvalue weighted by Crippen LogP contribution is -2.50. The van der Waals surface area contributed by atoms with Crippen molar-refractivity contribution in [2.75, 3.05) is 66.1 Å². The van der Waals surface area contributed by atoms with Crippen LogP contribution in [0.4, 0.5) is 4.39 Å². The van der Waals surface area contributed by atoms with Crippen molar-refractivity contribution in [3.8, 4) is 5.75 Å². The van der Waals surface area contributed by atoms with Crippen molar-refractivity contribution >= 4 is 5.91 Å². The summed E-state index contributed by atoms with van der Waals surface area (Å²) in [5, 5.41) is 8.93. The van der Waals surface area contributed by atoms with Gasteiger partial charge in [0.15, 0.2) is 11.6 Å². The van der Waals surface area contributed by atoms with Gasteiger partial charge in [-0.15, -0.1) is 0 Å². The van der Waals surface area contributed by atoms with Crippen LogP contribution in [0.5, 0.6) is 5.75 Å². The highest BCUT2D eigenvalue weighted by Crippen LogP contribution is 2.15. The SMILES string of the molecule is CN(CCOc1ccccc1F)C(=O)CN1CCN(CCO)CC1. The second-order valence-corrected chi connectivity index (χ2v) is 5.94. The number of halogens is 1. The zero-order valence-corrected chi connectivity index (χ0v) is 14.2. The number of β-amino-alcohol motifs (C(OH)–C–C–N with tert-alkyl or cyclic N) is 1. The Bertz CT molecular complexity index is 522. The summed E-state index contributed by atoms with van der Waals surface area (Å²) in [6, 6.07) is 6.24. The van der Waals surface area contributed by atoms with Gasteiger partial charge in [0, 0.05) is 39.8 Å². The number of carbonyl (C=O) groups excluding carboxylic acids is 1. The average Bonchev–Trinajstić information content (AvgIpc) is 2.58. The molecular formula is C17H26FN3O3. The average molecular weight is 339 g/mol. The number of hydrogen-bond donors (Lipinski definition) is 1. The van der Waals surface area contributed by atoms with Crippen LogP contribution < -0.4 is 4.74 Å². The van der Waals surface area contributed by atoms with Gasteiger partial charge in [-0.2, -0.15) is 0 Å². The molecule has 0 radical (unpaired) electrons. The molecule has 6 nitrogen and oxygen atoms in total. The van der Waals surface area contributed by atoms with Crippen LogP contribution in [0.3, 0.4) is 0 Å². The zero-order valence-electron chi connectivity index (χ0n) is 14.2. The van der Waals surface area contributed by atoms with Gasteiger partial charge in [0.1, 0.15) is 6.61 Å². The highest BCUT2D eigenvalue weighted by atomic mass is 19.1. The van der Waals surface area contributed by atoms with Gasteiger partial charge >= 0.3 is 0 Å². The van der Waals surface area contributed by atoms with E-state index in [1.807, 2.05) is 0 Å². The lowest BCUT2D eigenvalue weighted by atomic mass is 10.3. The van der Waals surface area contributed by atoms with Crippen LogP contribution in [0.25, 0.3) is 0 Å². The molecule has 0 bridgehead atoms. The van der Waals surface area contributed by atoms with E-state index in [0.717, 1.165) is 26.2 Å². The van der Waals surface area contributed by atoms with Crippen molar-refractivity contribution in [1.82, 2.24) is 14.7 Å². The molecule has 7 heteroatoms. The first-order chi connectivity index (χ1) is 11.6. The number of amides is 1. The number of likely N-dealkylation sites (N-methyl/N-ethyl adjacent to an activating group) is 1. The third kappa shape index (κ3) is 5.74. The van der Waals surface area contributed by atoms with Gasteiger partial charge in [-0.05, 0) is 12.1 Å². The molecule has 2 rings (SSSR count). The molecule has 0 unspecified atom stereocenters. The summed E-state index contributed by atoms with van der Waals surface area (Å²) in [5.74, 6) is -0.159. The number of hydrogen-bond acceptors (Lipinski definition) is 5. The Morgan fingerprint density at radius 2 is 1.92 bits per heavy atom. The van der Waals surface area contributed by atoms with E-state index in [4.69, 9.17) is 9.84 Å². The summed E-state index contributed by atoms with van der Waals surface area (Å²) >= 11 is 0. The monoisotopic (exact) mass is 339 g/mol. The Balaban J connectivity index is 1.66. The summed E-state index contributed by atoms with van der Waals surface area (Å²) < 4.78 is 18.8. The third-order valence-electron chi connectivity index (χ3n) is 4.19. The standard InChI is InChI=1S/C17H26FN3O3/c1-19(11-13-24-16-5-3-2-4-15(16)18)17(23)14-21-8-6-20(7-9-21)10-12-22/h2-5,22H,6-14H2,1H3. The molecule has 1 aromatic rings. The van der Waals surface area contributed by atoms with Crippen LogP contribution in [0.2, 0.25) is 0 Å². The van der Waals surface area contributed by atoms with Crippen LogP contribution in [0, 0.1) is 5.82 Å². The maximum atomic E-state index is 13.4. The number of ether oxygens (including phenoxy) is 1. The molecule has 1 amide bonds. The van der Waals surface area contributed by atoms with Crippen molar-refractivity contribution in [3.63, 3.8) is 0 Å². The molecule has 0 saturated carbocycles. The first-order valence-electron chi connectivity index (χ1n) is 8.27. The Kier molecular flexibility index (Phi) is 7.42. The maximum Gasteiger partial charge on any atom is 0.236 e. The summed E-state index contributed by atoms with van der Waals surface area (Å²) in [6.07, 6.45) is 0. The molecule has 1 aliphatic heterocycles. The molecular weight excluding hydrogens is 313 g/mol. The van der Waals surface area contributed by atoms with Crippen LogP contribution in [0.1, 0.15) is 0 Å². The van der Waals surface area contributed by atoms with Gasteiger partial charge in [-0.3, -0.25) is 14.6 Å². The first-order valence-corrected chi connectivity index (χ1v) is 8.27. The van der Waals surface area contributed by atoms with Crippen molar-refractivity contribution < 1.29 is 19.0 Å². The number of aliphatic hydroxyl groups excluding tert-OH is 1. The number of benzene rings is 1. The minimum Gasteiger partial charge on any atom is -0.489 e. The number of nitrogens with zero attached hydrogens (tertiary/aromatic N) is 3. The van der Waals surface area contributed by atoms with Gasteiger partial charge < -0.3 is 14.7 Å². The maximum absolute atomic E-state index is 13.4. The van der Waals surface area contributed by atoms with Crippen molar-refractivity contribution in [1.29, 1.82) is 0 Å². The molecule has 1 N–H and O–H groups in total. The Hall–Kier alpha value is -1.70. The molecule has 24 heavy (non-hydrogen) atoms. The largest absolute Gasteiger partial charge is 0.489 e. The predicted molar refractivity (Wildman–Crippen MR) is 89.5 cm³/mol. The fourth-order valence-electron chi connectivity index (χ4n) is 2.60. The second kappa shape index (κ2) is 9.56. The first kappa shape index (κ1) is 18.6.